The topological polar surface area (TPSA) is 23.5 Å². The number of aliphatic hydroxyl groups is 1. The number of hydrogen-bond acceptors (Lipinski definition) is 2. The Kier molecular flexibility index (Phi) is 3.85. The summed E-state index contributed by atoms with van der Waals surface area (Å²) < 4.78 is 0. The maximum absolute atomic E-state index is 11.0. The quantitative estimate of drug-likeness (QED) is 0.867. The van der Waals surface area contributed by atoms with Crippen LogP contribution < -0.4 is 0 Å². The second-order valence-corrected chi connectivity index (χ2v) is 5.03. The summed E-state index contributed by atoms with van der Waals surface area (Å²) in [5.41, 5.74) is 1.48. The van der Waals surface area contributed by atoms with E-state index in [2.05, 4.69) is 30.9 Å². The maximum atomic E-state index is 11.0. The number of benzene rings is 1. The van der Waals surface area contributed by atoms with E-state index in [4.69, 9.17) is 0 Å². The lowest BCUT2D eigenvalue weighted by molar-refractivity contribution is -0.127. The van der Waals surface area contributed by atoms with Crippen molar-refractivity contribution in [3.8, 4) is 0 Å². The van der Waals surface area contributed by atoms with E-state index in [9.17, 15) is 5.11 Å². The Morgan fingerprint density at radius 2 is 1.82 bits per heavy atom. The van der Waals surface area contributed by atoms with Crippen molar-refractivity contribution < 1.29 is 5.11 Å². The molecule has 94 valence electrons. The summed E-state index contributed by atoms with van der Waals surface area (Å²) in [6, 6.07) is 8.20. The van der Waals surface area contributed by atoms with Crippen molar-refractivity contribution in [3.63, 3.8) is 0 Å². The summed E-state index contributed by atoms with van der Waals surface area (Å²) in [4.78, 5) is 2.25. The molecule has 0 radical (unpaired) electrons. The third kappa shape index (κ3) is 2.38. The van der Waals surface area contributed by atoms with Gasteiger partial charge in [0, 0.05) is 18.7 Å². The van der Waals surface area contributed by atoms with Gasteiger partial charge in [-0.1, -0.05) is 37.6 Å². The van der Waals surface area contributed by atoms with Gasteiger partial charge < -0.3 is 5.11 Å². The van der Waals surface area contributed by atoms with E-state index in [1.54, 1.807) is 0 Å². The average molecular weight is 233 g/mol. The van der Waals surface area contributed by atoms with Crippen LogP contribution in [-0.2, 0) is 5.72 Å². The molecule has 1 aromatic carbocycles. The first-order valence-corrected chi connectivity index (χ1v) is 6.72. The van der Waals surface area contributed by atoms with Gasteiger partial charge >= 0.3 is 0 Å². The molecule has 0 spiro atoms. The van der Waals surface area contributed by atoms with Gasteiger partial charge in [0.2, 0.25) is 0 Å². The van der Waals surface area contributed by atoms with Crippen LogP contribution in [0.1, 0.15) is 43.7 Å². The highest BCUT2D eigenvalue weighted by Crippen LogP contribution is 2.33. The van der Waals surface area contributed by atoms with Crippen LogP contribution in [0.5, 0.6) is 0 Å². The molecule has 1 heterocycles. The second kappa shape index (κ2) is 5.19. The standard InChI is InChI=1S/C15H23NO/c1-3-15(17,16-11-7-4-8-12-16)14-10-6-5-9-13(14)2/h5-6,9-10,17H,3-4,7-8,11-12H2,1-2H3. The Hall–Kier alpha value is -0.860. The smallest absolute Gasteiger partial charge is 0.144 e. The van der Waals surface area contributed by atoms with Gasteiger partial charge in [-0.25, -0.2) is 0 Å². The molecule has 1 N–H and O–H groups in total. The molecule has 2 nitrogen and oxygen atoms in total. The molecule has 1 unspecified atom stereocenters. The largest absolute Gasteiger partial charge is 0.371 e. The van der Waals surface area contributed by atoms with Crippen molar-refractivity contribution in [1.82, 2.24) is 4.90 Å². The van der Waals surface area contributed by atoms with E-state index in [1.165, 1.54) is 24.8 Å². The summed E-state index contributed by atoms with van der Waals surface area (Å²) in [6.07, 6.45) is 4.45. The van der Waals surface area contributed by atoms with Crippen LogP contribution in [0.4, 0.5) is 0 Å². The number of hydrogen-bond donors (Lipinski definition) is 1. The summed E-state index contributed by atoms with van der Waals surface area (Å²) in [5, 5.41) is 11.0. The lowest BCUT2D eigenvalue weighted by Gasteiger charge is -2.42. The number of aryl methyl sites for hydroxylation is 1. The fourth-order valence-electron chi connectivity index (χ4n) is 2.87. The molecule has 0 amide bonds. The second-order valence-electron chi connectivity index (χ2n) is 5.03. The predicted molar refractivity (Wildman–Crippen MR) is 70.8 cm³/mol. The fourth-order valence-corrected chi connectivity index (χ4v) is 2.87. The maximum Gasteiger partial charge on any atom is 0.144 e. The molecule has 1 aliphatic heterocycles. The van der Waals surface area contributed by atoms with Crippen molar-refractivity contribution >= 4 is 0 Å². The zero-order chi connectivity index (χ0) is 12.3. The van der Waals surface area contributed by atoms with Gasteiger partial charge in [0.15, 0.2) is 0 Å². The van der Waals surface area contributed by atoms with Crippen molar-refractivity contribution in [1.29, 1.82) is 0 Å². The van der Waals surface area contributed by atoms with Crippen LogP contribution >= 0.6 is 0 Å². The zero-order valence-corrected chi connectivity index (χ0v) is 10.9. The van der Waals surface area contributed by atoms with Gasteiger partial charge in [0.1, 0.15) is 5.72 Å². The highest BCUT2D eigenvalue weighted by atomic mass is 16.3. The number of piperidine rings is 1. The van der Waals surface area contributed by atoms with Crippen molar-refractivity contribution in [3.05, 3.63) is 35.4 Å². The van der Waals surface area contributed by atoms with E-state index < -0.39 is 5.72 Å². The first kappa shape index (κ1) is 12.6. The predicted octanol–water partition coefficient (Wildman–Crippen LogP) is 3.04. The lowest BCUT2D eigenvalue weighted by Crippen LogP contribution is -2.48. The van der Waals surface area contributed by atoms with E-state index in [-0.39, 0.29) is 0 Å². The van der Waals surface area contributed by atoms with Gasteiger partial charge in [0.05, 0.1) is 0 Å². The lowest BCUT2D eigenvalue weighted by atomic mass is 9.92. The van der Waals surface area contributed by atoms with Crippen LogP contribution in [0.15, 0.2) is 24.3 Å². The third-order valence-electron chi connectivity index (χ3n) is 3.95. The minimum absolute atomic E-state index is 0.748. The molecular weight excluding hydrogens is 210 g/mol. The summed E-state index contributed by atoms with van der Waals surface area (Å²) in [7, 11) is 0. The van der Waals surface area contributed by atoms with Crippen LogP contribution in [-0.4, -0.2) is 23.1 Å². The summed E-state index contributed by atoms with van der Waals surface area (Å²) in [6.45, 7) is 6.18. The van der Waals surface area contributed by atoms with Crippen molar-refractivity contribution in [2.75, 3.05) is 13.1 Å². The van der Waals surface area contributed by atoms with Crippen molar-refractivity contribution in [2.24, 2.45) is 0 Å². The molecule has 0 aromatic heterocycles. The van der Waals surface area contributed by atoms with Crippen molar-refractivity contribution in [2.45, 2.75) is 45.3 Å². The molecular formula is C15H23NO. The van der Waals surface area contributed by atoms with Gasteiger partial charge in [0.25, 0.3) is 0 Å². The fraction of sp³-hybridized carbons (Fsp3) is 0.600. The molecule has 1 atom stereocenters. The minimum atomic E-state index is -0.772. The number of likely N-dealkylation sites (tertiary alicyclic amines) is 1. The first-order chi connectivity index (χ1) is 8.18. The van der Waals surface area contributed by atoms with Gasteiger partial charge in [-0.3, -0.25) is 4.90 Å². The monoisotopic (exact) mass is 233 g/mol. The van der Waals surface area contributed by atoms with Crippen LogP contribution in [0.2, 0.25) is 0 Å². The van der Waals surface area contributed by atoms with Crippen LogP contribution in [0, 0.1) is 6.92 Å². The van der Waals surface area contributed by atoms with Gasteiger partial charge in [-0.05, 0) is 31.7 Å². The van der Waals surface area contributed by atoms with E-state index in [0.717, 1.165) is 25.1 Å². The molecule has 1 aliphatic rings. The normalized spacial score (nSPS) is 21.1. The summed E-state index contributed by atoms with van der Waals surface area (Å²) >= 11 is 0. The highest BCUT2D eigenvalue weighted by molar-refractivity contribution is 5.30. The first-order valence-electron chi connectivity index (χ1n) is 6.72. The third-order valence-corrected chi connectivity index (χ3v) is 3.95. The zero-order valence-electron chi connectivity index (χ0n) is 10.9. The van der Waals surface area contributed by atoms with Gasteiger partial charge in [-0.2, -0.15) is 0 Å². The molecule has 1 fully saturated rings. The SMILES string of the molecule is CCC(O)(c1ccccc1C)N1CCCCC1. The Labute approximate surface area is 104 Å². The van der Waals surface area contributed by atoms with Crippen LogP contribution in [0.3, 0.4) is 0 Å². The molecule has 0 saturated carbocycles. The minimum Gasteiger partial charge on any atom is -0.371 e. The molecule has 1 aromatic rings. The Balaban J connectivity index is 2.32. The highest BCUT2D eigenvalue weighted by Gasteiger charge is 2.35. The van der Waals surface area contributed by atoms with E-state index in [0.29, 0.717) is 0 Å². The Morgan fingerprint density at radius 1 is 1.18 bits per heavy atom. The molecule has 17 heavy (non-hydrogen) atoms. The van der Waals surface area contributed by atoms with Gasteiger partial charge in [-0.15, -0.1) is 0 Å². The number of nitrogens with zero attached hydrogens (tertiary/aromatic N) is 1. The Morgan fingerprint density at radius 3 is 2.41 bits per heavy atom. The van der Waals surface area contributed by atoms with E-state index in [1.807, 2.05) is 12.1 Å². The number of rotatable bonds is 3. The van der Waals surface area contributed by atoms with E-state index >= 15 is 0 Å². The molecule has 2 rings (SSSR count). The molecule has 1 saturated heterocycles. The van der Waals surface area contributed by atoms with Crippen LogP contribution in [0.25, 0.3) is 0 Å². The molecule has 2 heteroatoms. The molecule has 0 bridgehead atoms. The molecule has 0 aliphatic carbocycles. The summed E-state index contributed by atoms with van der Waals surface area (Å²) in [5.74, 6) is 0. The Bertz CT molecular complexity index is 371. The average Bonchev–Trinajstić information content (AvgIpc) is 2.39.